The molecule has 0 aliphatic carbocycles. The molecule has 0 aromatic heterocycles. The average Bonchev–Trinajstić information content (AvgIpc) is 2.53. The van der Waals surface area contributed by atoms with Crippen molar-refractivity contribution in [3.63, 3.8) is 0 Å². The van der Waals surface area contributed by atoms with Gasteiger partial charge in [-0.25, -0.2) is 0 Å². The Hall–Kier alpha value is -2.62. The summed E-state index contributed by atoms with van der Waals surface area (Å²) in [5.74, 6) is 0.522. The van der Waals surface area contributed by atoms with Crippen molar-refractivity contribution in [1.82, 2.24) is 0 Å². The lowest BCUT2D eigenvalue weighted by atomic mass is 10.0. The molecular formula is C18H17NO3. The first-order valence-corrected chi connectivity index (χ1v) is 7.21. The lowest BCUT2D eigenvalue weighted by Crippen LogP contribution is -2.42. The number of hydrogen-bond acceptors (Lipinski definition) is 3. The van der Waals surface area contributed by atoms with Crippen molar-refractivity contribution in [2.45, 2.75) is 19.4 Å². The van der Waals surface area contributed by atoms with Crippen LogP contribution in [0.3, 0.4) is 0 Å². The summed E-state index contributed by atoms with van der Waals surface area (Å²) in [5.41, 5.74) is 2.27. The number of Topliss-reactive ketones (excluding diaryl/α,β-unsaturated/α-hetero) is 1. The fraction of sp³-hybridized carbons (Fsp3) is 0.222. The van der Waals surface area contributed by atoms with Crippen molar-refractivity contribution in [1.29, 1.82) is 0 Å². The molecule has 0 bridgehead atoms. The van der Waals surface area contributed by atoms with Gasteiger partial charge in [-0.15, -0.1) is 0 Å². The topological polar surface area (TPSA) is 46.6 Å². The Bertz CT molecular complexity index is 724. The molecule has 112 valence electrons. The van der Waals surface area contributed by atoms with Crippen LogP contribution in [0.4, 0.5) is 5.69 Å². The van der Waals surface area contributed by atoms with Gasteiger partial charge in [0.05, 0.1) is 5.69 Å². The second kappa shape index (κ2) is 5.64. The molecular weight excluding hydrogens is 278 g/mol. The highest BCUT2D eigenvalue weighted by atomic mass is 16.5. The molecule has 2 aromatic carbocycles. The fourth-order valence-corrected chi connectivity index (χ4v) is 2.57. The second-order valence-electron chi connectivity index (χ2n) is 5.43. The molecule has 0 saturated heterocycles. The van der Waals surface area contributed by atoms with Crippen LogP contribution in [0.25, 0.3) is 0 Å². The molecule has 0 spiro atoms. The molecule has 22 heavy (non-hydrogen) atoms. The molecule has 1 atom stereocenters. The van der Waals surface area contributed by atoms with E-state index in [-0.39, 0.29) is 11.7 Å². The Morgan fingerprint density at radius 1 is 1.18 bits per heavy atom. The first-order valence-electron chi connectivity index (χ1n) is 7.21. The zero-order valence-electron chi connectivity index (χ0n) is 12.6. The average molecular weight is 295 g/mol. The van der Waals surface area contributed by atoms with Crippen molar-refractivity contribution in [2.75, 3.05) is 11.9 Å². The van der Waals surface area contributed by atoms with Crippen LogP contribution in [0.15, 0.2) is 48.5 Å². The van der Waals surface area contributed by atoms with E-state index in [0.29, 0.717) is 23.4 Å². The van der Waals surface area contributed by atoms with Gasteiger partial charge in [0.1, 0.15) is 5.75 Å². The highest BCUT2D eigenvalue weighted by Crippen LogP contribution is 2.34. The Morgan fingerprint density at radius 2 is 1.91 bits per heavy atom. The number of carbonyl (C=O) groups excluding carboxylic acids is 2. The first-order chi connectivity index (χ1) is 10.6. The molecule has 0 fully saturated rings. The van der Waals surface area contributed by atoms with Gasteiger partial charge in [0.2, 0.25) is 0 Å². The van der Waals surface area contributed by atoms with E-state index in [4.69, 9.17) is 4.74 Å². The van der Waals surface area contributed by atoms with Gasteiger partial charge in [0.15, 0.2) is 11.9 Å². The van der Waals surface area contributed by atoms with Crippen LogP contribution in [-0.2, 0) is 11.2 Å². The smallest absolute Gasteiger partial charge is 0.267 e. The number of likely N-dealkylation sites (N-methyl/N-ethyl adjacent to an activating group) is 1. The van der Waals surface area contributed by atoms with Crippen molar-refractivity contribution in [3.8, 4) is 5.75 Å². The highest BCUT2D eigenvalue weighted by molar-refractivity contribution is 6.02. The highest BCUT2D eigenvalue weighted by Gasteiger charge is 2.29. The number of nitrogens with zero attached hydrogens (tertiary/aromatic N) is 1. The molecule has 0 saturated carbocycles. The van der Waals surface area contributed by atoms with E-state index in [2.05, 4.69) is 0 Å². The van der Waals surface area contributed by atoms with Crippen molar-refractivity contribution < 1.29 is 14.3 Å². The van der Waals surface area contributed by atoms with E-state index in [1.54, 1.807) is 37.1 Å². The minimum atomic E-state index is -0.531. The maximum Gasteiger partial charge on any atom is 0.267 e. The standard InChI is InChI=1S/C18H17NO3/c1-12-18(21)19(2)15-9-8-14(11-17(15)22-12)16(20)10-13-6-4-3-5-7-13/h3-9,11-12H,10H2,1-2H3. The van der Waals surface area contributed by atoms with E-state index in [1.807, 2.05) is 30.3 Å². The molecule has 4 nitrogen and oxygen atoms in total. The summed E-state index contributed by atoms with van der Waals surface area (Å²) in [4.78, 5) is 25.8. The molecule has 1 aliphatic rings. The summed E-state index contributed by atoms with van der Waals surface area (Å²) in [6, 6.07) is 14.9. The van der Waals surface area contributed by atoms with Crippen LogP contribution in [0.1, 0.15) is 22.8 Å². The number of ketones is 1. The van der Waals surface area contributed by atoms with Crippen LogP contribution in [-0.4, -0.2) is 24.8 Å². The molecule has 1 unspecified atom stereocenters. The molecule has 1 aliphatic heterocycles. The summed E-state index contributed by atoms with van der Waals surface area (Å²) >= 11 is 0. The number of anilines is 1. The van der Waals surface area contributed by atoms with Crippen LogP contribution < -0.4 is 9.64 Å². The summed E-state index contributed by atoms with van der Waals surface area (Å²) in [6.45, 7) is 1.71. The van der Waals surface area contributed by atoms with E-state index in [0.717, 1.165) is 5.56 Å². The van der Waals surface area contributed by atoms with E-state index >= 15 is 0 Å². The van der Waals surface area contributed by atoms with Crippen LogP contribution in [0.5, 0.6) is 5.75 Å². The van der Waals surface area contributed by atoms with E-state index < -0.39 is 6.10 Å². The third-order valence-electron chi connectivity index (χ3n) is 3.83. The normalized spacial score (nSPS) is 16.9. The Morgan fingerprint density at radius 3 is 2.64 bits per heavy atom. The van der Waals surface area contributed by atoms with Crippen molar-refractivity contribution >= 4 is 17.4 Å². The molecule has 4 heteroatoms. The quantitative estimate of drug-likeness (QED) is 0.818. The summed E-state index contributed by atoms with van der Waals surface area (Å²) < 4.78 is 5.61. The maximum atomic E-state index is 12.4. The predicted molar refractivity (Wildman–Crippen MR) is 84.4 cm³/mol. The van der Waals surface area contributed by atoms with Gasteiger partial charge in [0, 0.05) is 19.0 Å². The molecule has 1 amide bonds. The Balaban J connectivity index is 1.86. The zero-order chi connectivity index (χ0) is 15.7. The lowest BCUT2D eigenvalue weighted by molar-refractivity contribution is -0.125. The van der Waals surface area contributed by atoms with Gasteiger partial charge in [-0.3, -0.25) is 9.59 Å². The van der Waals surface area contributed by atoms with Gasteiger partial charge in [0.25, 0.3) is 5.91 Å². The molecule has 0 N–H and O–H groups in total. The number of benzene rings is 2. The summed E-state index contributed by atoms with van der Waals surface area (Å²) in [6.07, 6.45) is -0.179. The zero-order valence-corrected chi connectivity index (χ0v) is 12.6. The van der Waals surface area contributed by atoms with Gasteiger partial charge >= 0.3 is 0 Å². The van der Waals surface area contributed by atoms with Crippen molar-refractivity contribution in [2.24, 2.45) is 0 Å². The van der Waals surface area contributed by atoms with E-state index in [1.165, 1.54) is 0 Å². The fourth-order valence-electron chi connectivity index (χ4n) is 2.57. The van der Waals surface area contributed by atoms with Crippen LogP contribution >= 0.6 is 0 Å². The number of carbonyl (C=O) groups is 2. The minimum absolute atomic E-state index is 0.0322. The van der Waals surface area contributed by atoms with Crippen LogP contribution in [0, 0.1) is 0 Å². The van der Waals surface area contributed by atoms with Gasteiger partial charge in [-0.1, -0.05) is 30.3 Å². The molecule has 2 aromatic rings. The monoisotopic (exact) mass is 295 g/mol. The number of amides is 1. The SMILES string of the molecule is CC1Oc2cc(C(=O)Cc3ccccc3)ccc2N(C)C1=O. The third-order valence-corrected chi connectivity index (χ3v) is 3.83. The lowest BCUT2D eigenvalue weighted by Gasteiger charge is -2.30. The summed E-state index contributed by atoms with van der Waals surface area (Å²) in [5, 5.41) is 0. The minimum Gasteiger partial charge on any atom is -0.479 e. The molecule has 0 radical (unpaired) electrons. The Labute approximate surface area is 129 Å². The van der Waals surface area contributed by atoms with Gasteiger partial charge < -0.3 is 9.64 Å². The number of rotatable bonds is 3. The van der Waals surface area contributed by atoms with Gasteiger partial charge in [-0.2, -0.15) is 0 Å². The third kappa shape index (κ3) is 2.60. The van der Waals surface area contributed by atoms with Gasteiger partial charge in [-0.05, 0) is 30.7 Å². The maximum absolute atomic E-state index is 12.4. The number of ether oxygens (including phenoxy) is 1. The van der Waals surface area contributed by atoms with E-state index in [9.17, 15) is 9.59 Å². The predicted octanol–water partition coefficient (Wildman–Crippen LogP) is 2.86. The summed E-state index contributed by atoms with van der Waals surface area (Å²) in [7, 11) is 1.71. The largest absolute Gasteiger partial charge is 0.479 e. The molecule has 3 rings (SSSR count). The van der Waals surface area contributed by atoms with Crippen molar-refractivity contribution in [3.05, 3.63) is 59.7 Å². The number of fused-ring (bicyclic) bond motifs is 1. The first kappa shape index (κ1) is 14.3. The second-order valence-corrected chi connectivity index (χ2v) is 5.43. The Kier molecular flexibility index (Phi) is 3.67. The molecule has 1 heterocycles. The number of hydrogen-bond donors (Lipinski definition) is 0. The van der Waals surface area contributed by atoms with Crippen LogP contribution in [0.2, 0.25) is 0 Å².